The first-order valence-corrected chi connectivity index (χ1v) is 4.96. The Balaban J connectivity index is 3.06. The number of hydrogen-bond acceptors (Lipinski definition) is 1. The Bertz CT molecular complexity index is 318. The van der Waals surface area contributed by atoms with Crippen LogP contribution in [0, 0.1) is 12.7 Å². The van der Waals surface area contributed by atoms with Crippen LogP contribution in [0.1, 0.15) is 37.8 Å². The van der Waals surface area contributed by atoms with Crippen molar-refractivity contribution in [2.45, 2.75) is 39.2 Å². The lowest BCUT2D eigenvalue weighted by Crippen LogP contribution is -2.22. The first kappa shape index (κ1) is 11.2. The summed E-state index contributed by atoms with van der Waals surface area (Å²) in [4.78, 5) is 0. The summed E-state index contributed by atoms with van der Waals surface area (Å²) in [6.45, 7) is 5.62. The molecule has 0 heterocycles. The van der Waals surface area contributed by atoms with Gasteiger partial charge in [-0.3, -0.25) is 0 Å². The lowest BCUT2D eigenvalue weighted by molar-refractivity contribution is 0.0463. The molecule has 0 aliphatic carbocycles. The van der Waals surface area contributed by atoms with Gasteiger partial charge >= 0.3 is 0 Å². The van der Waals surface area contributed by atoms with Gasteiger partial charge in [-0.25, -0.2) is 4.39 Å². The van der Waals surface area contributed by atoms with E-state index in [1.807, 2.05) is 13.8 Å². The van der Waals surface area contributed by atoms with Gasteiger partial charge in [0.25, 0.3) is 0 Å². The van der Waals surface area contributed by atoms with Gasteiger partial charge in [0.15, 0.2) is 0 Å². The van der Waals surface area contributed by atoms with Crippen LogP contribution < -0.4 is 0 Å². The van der Waals surface area contributed by atoms with Gasteiger partial charge in [0, 0.05) is 0 Å². The third kappa shape index (κ3) is 2.32. The summed E-state index contributed by atoms with van der Waals surface area (Å²) in [5, 5.41) is 10.1. The summed E-state index contributed by atoms with van der Waals surface area (Å²) in [5.41, 5.74) is 0.788. The second kappa shape index (κ2) is 4.09. The summed E-state index contributed by atoms with van der Waals surface area (Å²) < 4.78 is 12.8. The molecule has 1 atom stereocenters. The molecular weight excluding hydrogens is 179 g/mol. The van der Waals surface area contributed by atoms with E-state index < -0.39 is 5.60 Å². The van der Waals surface area contributed by atoms with Gasteiger partial charge in [0.05, 0.1) is 5.60 Å². The summed E-state index contributed by atoms with van der Waals surface area (Å²) >= 11 is 0. The van der Waals surface area contributed by atoms with Crippen LogP contribution in [0.5, 0.6) is 0 Å². The number of rotatable bonds is 3. The van der Waals surface area contributed by atoms with Crippen LogP contribution in [0.3, 0.4) is 0 Å². The number of benzene rings is 1. The molecule has 0 bridgehead atoms. The molecule has 2 heteroatoms. The smallest absolute Gasteiger partial charge is 0.123 e. The Hall–Kier alpha value is -0.890. The van der Waals surface area contributed by atoms with Crippen LogP contribution in [0.15, 0.2) is 18.2 Å². The third-order valence-electron chi connectivity index (χ3n) is 2.51. The normalized spacial score (nSPS) is 15.2. The van der Waals surface area contributed by atoms with Crippen LogP contribution in [-0.2, 0) is 5.60 Å². The van der Waals surface area contributed by atoms with Crippen molar-refractivity contribution in [1.29, 1.82) is 0 Å². The summed E-state index contributed by atoms with van der Waals surface area (Å²) in [6.07, 6.45) is 1.60. The Morgan fingerprint density at radius 2 is 2.07 bits per heavy atom. The summed E-state index contributed by atoms with van der Waals surface area (Å²) in [5.74, 6) is -0.251. The minimum atomic E-state index is -0.841. The summed E-state index contributed by atoms with van der Waals surface area (Å²) in [6, 6.07) is 4.52. The van der Waals surface area contributed by atoms with Crippen molar-refractivity contribution in [3.05, 3.63) is 35.1 Å². The van der Waals surface area contributed by atoms with Gasteiger partial charge in [-0.2, -0.15) is 0 Å². The Morgan fingerprint density at radius 1 is 1.43 bits per heavy atom. The zero-order chi connectivity index (χ0) is 10.8. The highest BCUT2D eigenvalue weighted by molar-refractivity contribution is 5.31. The van der Waals surface area contributed by atoms with Crippen molar-refractivity contribution in [1.82, 2.24) is 0 Å². The maximum absolute atomic E-state index is 12.8. The Labute approximate surface area is 84.6 Å². The molecule has 0 saturated carbocycles. The second-order valence-corrected chi connectivity index (χ2v) is 3.98. The van der Waals surface area contributed by atoms with Crippen molar-refractivity contribution in [3.63, 3.8) is 0 Å². The fraction of sp³-hybridized carbons (Fsp3) is 0.500. The van der Waals surface area contributed by atoms with E-state index >= 15 is 0 Å². The molecule has 1 nitrogen and oxygen atoms in total. The van der Waals surface area contributed by atoms with Crippen LogP contribution in [0.25, 0.3) is 0 Å². The van der Waals surface area contributed by atoms with Crippen LogP contribution in [0.4, 0.5) is 4.39 Å². The third-order valence-corrected chi connectivity index (χ3v) is 2.51. The molecule has 0 amide bonds. The first-order valence-electron chi connectivity index (χ1n) is 4.96. The van der Waals surface area contributed by atoms with E-state index in [1.54, 1.807) is 13.0 Å². The molecular formula is C12H17FO. The molecule has 1 aromatic rings. The number of hydrogen-bond donors (Lipinski definition) is 1. The van der Waals surface area contributed by atoms with Gasteiger partial charge in [-0.1, -0.05) is 19.4 Å². The molecule has 0 saturated heterocycles. The average Bonchev–Trinajstić information content (AvgIpc) is 2.02. The van der Waals surface area contributed by atoms with Crippen molar-refractivity contribution in [2.75, 3.05) is 0 Å². The monoisotopic (exact) mass is 196 g/mol. The van der Waals surface area contributed by atoms with Gasteiger partial charge in [-0.05, 0) is 43.5 Å². The fourth-order valence-corrected chi connectivity index (χ4v) is 1.85. The maximum atomic E-state index is 12.8. The minimum absolute atomic E-state index is 0.251. The van der Waals surface area contributed by atoms with Gasteiger partial charge in [0.1, 0.15) is 5.82 Å². The van der Waals surface area contributed by atoms with Gasteiger partial charge in [-0.15, -0.1) is 0 Å². The molecule has 0 unspecified atom stereocenters. The Morgan fingerprint density at radius 3 is 2.57 bits per heavy atom. The highest BCUT2D eigenvalue weighted by atomic mass is 19.1. The lowest BCUT2D eigenvalue weighted by atomic mass is 9.88. The molecule has 0 spiro atoms. The molecule has 0 aliphatic rings. The van der Waals surface area contributed by atoms with E-state index in [2.05, 4.69) is 0 Å². The highest BCUT2D eigenvalue weighted by Crippen LogP contribution is 2.28. The highest BCUT2D eigenvalue weighted by Gasteiger charge is 2.23. The number of aryl methyl sites for hydroxylation is 1. The quantitative estimate of drug-likeness (QED) is 0.787. The molecule has 1 aromatic carbocycles. The van der Waals surface area contributed by atoms with Crippen LogP contribution >= 0.6 is 0 Å². The number of halogens is 1. The summed E-state index contributed by atoms with van der Waals surface area (Å²) in [7, 11) is 0. The largest absolute Gasteiger partial charge is 0.385 e. The van der Waals surface area contributed by atoms with E-state index in [0.29, 0.717) is 6.42 Å². The molecule has 0 radical (unpaired) electrons. The number of aliphatic hydroxyl groups is 1. The SMILES string of the molecule is CCC[C@@](C)(O)c1ccc(F)cc1C. The topological polar surface area (TPSA) is 20.2 Å². The molecule has 1 N–H and O–H groups in total. The second-order valence-electron chi connectivity index (χ2n) is 3.98. The average molecular weight is 196 g/mol. The first-order chi connectivity index (χ1) is 6.47. The molecule has 0 fully saturated rings. The lowest BCUT2D eigenvalue weighted by Gasteiger charge is -2.25. The van der Waals surface area contributed by atoms with Crippen molar-refractivity contribution < 1.29 is 9.50 Å². The van der Waals surface area contributed by atoms with Gasteiger partial charge in [0.2, 0.25) is 0 Å². The van der Waals surface area contributed by atoms with Crippen molar-refractivity contribution >= 4 is 0 Å². The van der Waals surface area contributed by atoms with Crippen LogP contribution in [0.2, 0.25) is 0 Å². The zero-order valence-corrected chi connectivity index (χ0v) is 8.97. The maximum Gasteiger partial charge on any atom is 0.123 e. The van der Waals surface area contributed by atoms with Crippen molar-refractivity contribution in [3.8, 4) is 0 Å². The van der Waals surface area contributed by atoms with E-state index in [0.717, 1.165) is 17.5 Å². The molecule has 1 rings (SSSR count). The molecule has 0 aliphatic heterocycles. The van der Waals surface area contributed by atoms with Gasteiger partial charge < -0.3 is 5.11 Å². The van der Waals surface area contributed by atoms with Crippen molar-refractivity contribution in [2.24, 2.45) is 0 Å². The predicted octanol–water partition coefficient (Wildman–Crippen LogP) is 3.14. The predicted molar refractivity (Wildman–Crippen MR) is 55.6 cm³/mol. The molecule has 0 aromatic heterocycles. The molecule has 78 valence electrons. The zero-order valence-electron chi connectivity index (χ0n) is 8.97. The van der Waals surface area contributed by atoms with Crippen LogP contribution in [-0.4, -0.2) is 5.11 Å². The Kier molecular flexibility index (Phi) is 3.27. The fourth-order valence-electron chi connectivity index (χ4n) is 1.85. The van der Waals surface area contributed by atoms with E-state index in [9.17, 15) is 9.50 Å². The minimum Gasteiger partial charge on any atom is -0.385 e. The van der Waals surface area contributed by atoms with E-state index in [4.69, 9.17) is 0 Å². The van der Waals surface area contributed by atoms with E-state index in [-0.39, 0.29) is 5.82 Å². The molecule has 14 heavy (non-hydrogen) atoms. The standard InChI is InChI=1S/C12H17FO/c1-4-7-12(3,14)11-6-5-10(13)8-9(11)2/h5-6,8,14H,4,7H2,1-3H3/t12-/m1/s1. The van der Waals surface area contributed by atoms with E-state index in [1.165, 1.54) is 12.1 Å².